The van der Waals surface area contributed by atoms with Crippen molar-refractivity contribution >= 4 is 22.9 Å². The van der Waals surface area contributed by atoms with Gasteiger partial charge in [-0.2, -0.15) is 0 Å². The summed E-state index contributed by atoms with van der Waals surface area (Å²) < 4.78 is 6.41. The quantitative estimate of drug-likeness (QED) is 0.738. The lowest BCUT2D eigenvalue weighted by atomic mass is 10.3. The molecular formula is C12H9ClN3O2S+. The number of benzene rings is 1. The van der Waals surface area contributed by atoms with Crippen LogP contribution in [0, 0.1) is 6.92 Å². The Bertz CT molecular complexity index is 773. The van der Waals surface area contributed by atoms with Crippen molar-refractivity contribution in [2.75, 3.05) is 0 Å². The van der Waals surface area contributed by atoms with E-state index >= 15 is 0 Å². The first kappa shape index (κ1) is 12.1. The highest BCUT2D eigenvalue weighted by molar-refractivity contribution is 7.09. The predicted molar refractivity (Wildman–Crippen MR) is 71.7 cm³/mol. The van der Waals surface area contributed by atoms with Crippen molar-refractivity contribution in [1.29, 1.82) is 0 Å². The number of aromatic amines is 1. The van der Waals surface area contributed by atoms with Crippen LogP contribution < -0.4 is 10.3 Å². The monoisotopic (exact) mass is 294 g/mol. The van der Waals surface area contributed by atoms with E-state index in [-0.39, 0.29) is 0 Å². The standard InChI is InChI=1S/C12H8ClN3O2S/c1-7-14-10(6-19-7)11-12(17)18-15-16(11)9-4-2-8(13)3-5-9/h2-6H,1H3/p+1. The van der Waals surface area contributed by atoms with Crippen LogP contribution in [0.5, 0.6) is 0 Å². The summed E-state index contributed by atoms with van der Waals surface area (Å²) in [6.45, 7) is 1.88. The first-order valence-corrected chi connectivity index (χ1v) is 6.73. The third-order valence-electron chi connectivity index (χ3n) is 2.59. The zero-order chi connectivity index (χ0) is 13.4. The molecule has 7 heteroatoms. The molecule has 0 radical (unpaired) electrons. The van der Waals surface area contributed by atoms with Gasteiger partial charge in [0.2, 0.25) is 5.69 Å². The number of nitrogens with zero attached hydrogens (tertiary/aromatic N) is 2. The van der Waals surface area contributed by atoms with Crippen molar-refractivity contribution in [2.45, 2.75) is 6.92 Å². The number of halogens is 1. The van der Waals surface area contributed by atoms with Crippen molar-refractivity contribution in [3.05, 3.63) is 50.1 Å². The summed E-state index contributed by atoms with van der Waals surface area (Å²) in [5.74, 6) is 0. The maximum Gasteiger partial charge on any atom is 0.437 e. The smallest absolute Gasteiger partial charge is 0.282 e. The van der Waals surface area contributed by atoms with Crippen LogP contribution in [0.1, 0.15) is 5.01 Å². The number of rotatable bonds is 2. The van der Waals surface area contributed by atoms with Gasteiger partial charge < -0.3 is 0 Å². The van der Waals surface area contributed by atoms with E-state index in [1.54, 1.807) is 28.9 Å². The topological polar surface area (TPSA) is 62.8 Å². The van der Waals surface area contributed by atoms with Gasteiger partial charge in [-0.1, -0.05) is 11.6 Å². The molecule has 0 aliphatic carbocycles. The number of hydrogen-bond acceptors (Lipinski definition) is 4. The molecule has 96 valence electrons. The average molecular weight is 295 g/mol. The zero-order valence-corrected chi connectivity index (χ0v) is 11.5. The van der Waals surface area contributed by atoms with E-state index < -0.39 is 5.63 Å². The number of hydrogen-bond donors (Lipinski definition) is 1. The molecule has 0 bridgehead atoms. The van der Waals surface area contributed by atoms with E-state index in [1.165, 1.54) is 11.3 Å². The predicted octanol–water partition coefficient (Wildman–Crippen LogP) is 2.33. The molecule has 2 heterocycles. The molecule has 19 heavy (non-hydrogen) atoms. The molecule has 5 nitrogen and oxygen atoms in total. The van der Waals surface area contributed by atoms with E-state index in [0.717, 1.165) is 10.7 Å². The summed E-state index contributed by atoms with van der Waals surface area (Å²) in [7, 11) is 0. The Balaban J connectivity index is 2.18. The SMILES string of the molecule is Cc1nc(-c2c(=O)o[nH][n+]2-c2ccc(Cl)cc2)cs1. The van der Waals surface area contributed by atoms with Gasteiger partial charge in [0.15, 0.2) is 5.69 Å². The molecule has 1 aromatic carbocycles. The molecule has 3 aromatic rings. The maximum atomic E-state index is 11.8. The minimum absolute atomic E-state index is 0.367. The molecule has 0 unspecified atom stereocenters. The van der Waals surface area contributed by atoms with Gasteiger partial charge in [-0.25, -0.2) is 9.78 Å². The third-order valence-corrected chi connectivity index (χ3v) is 3.62. The zero-order valence-electron chi connectivity index (χ0n) is 9.88. The van der Waals surface area contributed by atoms with Gasteiger partial charge in [0.05, 0.1) is 5.01 Å². The fraction of sp³-hybridized carbons (Fsp3) is 0.0833. The summed E-state index contributed by atoms with van der Waals surface area (Å²) >= 11 is 7.33. The van der Waals surface area contributed by atoms with Crippen LogP contribution in [0.4, 0.5) is 0 Å². The fourth-order valence-electron chi connectivity index (χ4n) is 1.74. The average Bonchev–Trinajstić information content (AvgIpc) is 2.96. The second-order valence-corrected chi connectivity index (χ2v) is 5.39. The highest BCUT2D eigenvalue weighted by Crippen LogP contribution is 2.17. The third kappa shape index (κ3) is 2.20. The number of H-pyrrole nitrogens is 1. The van der Waals surface area contributed by atoms with Crippen molar-refractivity contribution in [2.24, 2.45) is 0 Å². The van der Waals surface area contributed by atoms with Crippen LogP contribution in [0.2, 0.25) is 5.02 Å². The molecule has 2 aromatic heterocycles. The van der Waals surface area contributed by atoms with Gasteiger partial charge in [0.1, 0.15) is 0 Å². The molecule has 0 spiro atoms. The lowest BCUT2D eigenvalue weighted by Gasteiger charge is -1.92. The van der Waals surface area contributed by atoms with E-state index in [9.17, 15) is 4.79 Å². The summed E-state index contributed by atoms with van der Waals surface area (Å²) in [6.07, 6.45) is 0. The Hall–Kier alpha value is -1.92. The Labute approximate surface area is 117 Å². The van der Waals surface area contributed by atoms with Crippen molar-refractivity contribution in [3.8, 4) is 17.1 Å². The van der Waals surface area contributed by atoms with E-state index in [0.29, 0.717) is 16.4 Å². The molecule has 0 saturated carbocycles. The van der Waals surface area contributed by atoms with Crippen LogP contribution in [0.3, 0.4) is 0 Å². The Kier molecular flexibility index (Phi) is 2.96. The molecule has 1 N–H and O–H groups in total. The summed E-state index contributed by atoms with van der Waals surface area (Å²) in [5.41, 5.74) is 1.25. The van der Waals surface area contributed by atoms with Crippen molar-refractivity contribution in [1.82, 2.24) is 10.3 Å². The lowest BCUT2D eigenvalue weighted by Crippen LogP contribution is -2.36. The highest BCUT2D eigenvalue weighted by atomic mass is 35.5. The largest absolute Gasteiger partial charge is 0.437 e. The second-order valence-electron chi connectivity index (χ2n) is 3.89. The van der Waals surface area contributed by atoms with Crippen LogP contribution in [-0.4, -0.2) is 10.3 Å². The first-order valence-electron chi connectivity index (χ1n) is 5.47. The van der Waals surface area contributed by atoms with Gasteiger partial charge in [-0.3, -0.25) is 4.52 Å². The Morgan fingerprint density at radius 2 is 2.11 bits per heavy atom. The van der Waals surface area contributed by atoms with Gasteiger partial charge in [-0.15, -0.1) is 11.3 Å². The van der Waals surface area contributed by atoms with E-state index in [2.05, 4.69) is 10.3 Å². The molecule has 0 fully saturated rings. The lowest BCUT2D eigenvalue weighted by molar-refractivity contribution is -0.660. The van der Waals surface area contributed by atoms with Crippen LogP contribution in [0.25, 0.3) is 17.1 Å². The molecule has 0 aliphatic rings. The summed E-state index contributed by atoms with van der Waals surface area (Å²) in [5, 5.41) is 5.90. The van der Waals surface area contributed by atoms with E-state index in [4.69, 9.17) is 16.1 Å². The number of aryl methyl sites for hydroxylation is 1. The molecule has 0 saturated heterocycles. The molecule has 0 amide bonds. The fourth-order valence-corrected chi connectivity index (χ4v) is 2.46. The summed E-state index contributed by atoms with van der Waals surface area (Å²) in [6, 6.07) is 7.06. The van der Waals surface area contributed by atoms with Gasteiger partial charge in [0.25, 0.3) is 0 Å². The van der Waals surface area contributed by atoms with Crippen LogP contribution >= 0.6 is 22.9 Å². The Morgan fingerprint density at radius 1 is 1.37 bits per heavy atom. The van der Waals surface area contributed by atoms with E-state index in [1.807, 2.05) is 12.3 Å². The number of nitrogens with one attached hydrogen (secondary N) is 1. The first-order chi connectivity index (χ1) is 9.15. The molecular weight excluding hydrogens is 286 g/mol. The van der Waals surface area contributed by atoms with Gasteiger partial charge >= 0.3 is 11.3 Å². The van der Waals surface area contributed by atoms with Crippen molar-refractivity contribution in [3.63, 3.8) is 0 Å². The molecule has 0 atom stereocenters. The summed E-state index contributed by atoms with van der Waals surface area (Å²) in [4.78, 5) is 16.1. The number of aromatic nitrogens is 3. The highest BCUT2D eigenvalue weighted by Gasteiger charge is 2.27. The molecule has 3 rings (SSSR count). The van der Waals surface area contributed by atoms with Crippen LogP contribution in [-0.2, 0) is 0 Å². The molecule has 0 aliphatic heterocycles. The van der Waals surface area contributed by atoms with Crippen LogP contribution in [0.15, 0.2) is 39.0 Å². The number of thiazole rings is 1. The van der Waals surface area contributed by atoms with Gasteiger partial charge in [-0.05, 0) is 29.0 Å². The minimum atomic E-state index is -0.458. The van der Waals surface area contributed by atoms with Crippen molar-refractivity contribution < 1.29 is 9.20 Å². The Morgan fingerprint density at radius 3 is 2.74 bits per heavy atom. The second kappa shape index (κ2) is 4.64. The minimum Gasteiger partial charge on any atom is -0.282 e. The maximum absolute atomic E-state index is 11.8. The normalized spacial score (nSPS) is 10.8. The van der Waals surface area contributed by atoms with Gasteiger partial charge in [0, 0.05) is 22.5 Å².